The van der Waals surface area contributed by atoms with Crippen LogP contribution in [-0.4, -0.2) is 17.6 Å². The van der Waals surface area contributed by atoms with Crippen LogP contribution >= 0.6 is 0 Å². The van der Waals surface area contributed by atoms with Gasteiger partial charge in [0.05, 0.1) is 6.61 Å². The summed E-state index contributed by atoms with van der Waals surface area (Å²) < 4.78 is 4.75. The quantitative estimate of drug-likeness (QED) is 0.621. The fourth-order valence-electron chi connectivity index (χ4n) is 0.798. The molecule has 0 aliphatic heterocycles. The molecule has 0 aliphatic carbocycles. The van der Waals surface area contributed by atoms with Gasteiger partial charge in [0.2, 0.25) is 0 Å². The molecule has 1 heterocycles. The highest BCUT2D eigenvalue weighted by molar-refractivity contribution is 5.87. The second kappa shape index (κ2) is 3.85. The van der Waals surface area contributed by atoms with Crippen molar-refractivity contribution in [2.45, 2.75) is 6.92 Å². The molecule has 0 atom stereocenters. The van der Waals surface area contributed by atoms with Crippen molar-refractivity contribution in [2.75, 3.05) is 6.61 Å². The molecule has 3 heteroatoms. The van der Waals surface area contributed by atoms with Gasteiger partial charge in [-0.05, 0) is 26.0 Å². The van der Waals surface area contributed by atoms with Crippen LogP contribution in [0.2, 0.25) is 0 Å². The van der Waals surface area contributed by atoms with E-state index in [9.17, 15) is 4.79 Å². The molecule has 0 aliphatic rings. The van der Waals surface area contributed by atoms with E-state index in [1.165, 1.54) is 0 Å². The Morgan fingerprint density at radius 1 is 1.67 bits per heavy atom. The van der Waals surface area contributed by atoms with E-state index in [-0.39, 0.29) is 0 Å². The van der Waals surface area contributed by atoms with E-state index in [1.807, 2.05) is 0 Å². The average molecular weight is 164 g/mol. The monoisotopic (exact) mass is 164 g/mol. The third-order valence-corrected chi connectivity index (χ3v) is 1.29. The summed E-state index contributed by atoms with van der Waals surface area (Å²) in [6.07, 6.45) is 0. The lowest BCUT2D eigenvalue weighted by Crippen LogP contribution is -2.07. The Morgan fingerprint density at radius 3 is 3.00 bits per heavy atom. The smallest absolute Gasteiger partial charge is 0.356 e. The number of aromatic nitrogens is 1. The van der Waals surface area contributed by atoms with Crippen LogP contribution in [-0.2, 0) is 4.74 Å². The minimum Gasteiger partial charge on any atom is -0.461 e. The second-order valence-electron chi connectivity index (χ2n) is 2.23. The van der Waals surface area contributed by atoms with Crippen LogP contribution in [0.3, 0.4) is 0 Å². The van der Waals surface area contributed by atoms with Gasteiger partial charge in [0.25, 0.3) is 0 Å². The maximum atomic E-state index is 11.1. The van der Waals surface area contributed by atoms with Crippen molar-refractivity contribution in [3.63, 3.8) is 0 Å². The first kappa shape index (κ1) is 8.71. The van der Waals surface area contributed by atoms with Crippen molar-refractivity contribution < 1.29 is 9.53 Å². The molecule has 0 amide bonds. The number of hydrogen-bond donors (Lipinski definition) is 0. The second-order valence-corrected chi connectivity index (χ2v) is 2.23. The van der Waals surface area contributed by atoms with Crippen molar-refractivity contribution in [1.82, 2.24) is 4.98 Å². The Balaban J connectivity index is 2.81. The summed E-state index contributed by atoms with van der Waals surface area (Å²) in [6.45, 7) is 5.72. The van der Waals surface area contributed by atoms with Crippen LogP contribution in [0, 0.1) is 6.92 Å². The highest BCUT2D eigenvalue weighted by Crippen LogP contribution is 1.99. The summed E-state index contributed by atoms with van der Waals surface area (Å²) in [7, 11) is 0. The summed E-state index contributed by atoms with van der Waals surface area (Å²) in [5.41, 5.74) is 0.880. The molecular formula is C9H10NO2. The third-order valence-electron chi connectivity index (χ3n) is 1.29. The normalized spacial score (nSPS) is 9.50. The zero-order valence-electron chi connectivity index (χ0n) is 6.91. The summed E-state index contributed by atoms with van der Waals surface area (Å²) in [5, 5.41) is 0. The Morgan fingerprint density at radius 2 is 2.42 bits per heavy atom. The summed E-state index contributed by atoms with van der Waals surface area (Å²) in [6, 6.07) is 5.05. The maximum Gasteiger partial charge on any atom is 0.356 e. The van der Waals surface area contributed by atoms with Crippen LogP contribution in [0.5, 0.6) is 0 Å². The van der Waals surface area contributed by atoms with Gasteiger partial charge in [0.1, 0.15) is 5.69 Å². The Labute approximate surface area is 71.4 Å². The molecule has 0 N–H and O–H groups in total. The number of ether oxygens (including phenoxy) is 1. The van der Waals surface area contributed by atoms with Gasteiger partial charge >= 0.3 is 5.97 Å². The van der Waals surface area contributed by atoms with Crippen molar-refractivity contribution in [3.05, 3.63) is 36.5 Å². The lowest BCUT2D eigenvalue weighted by Gasteiger charge is -2.00. The number of carbonyl (C=O) groups is 1. The van der Waals surface area contributed by atoms with Gasteiger partial charge in [0.15, 0.2) is 0 Å². The molecule has 0 spiro atoms. The summed E-state index contributed by atoms with van der Waals surface area (Å²) >= 11 is 0. The van der Waals surface area contributed by atoms with Gasteiger partial charge in [-0.25, -0.2) is 9.78 Å². The molecule has 63 valence electrons. The van der Waals surface area contributed by atoms with Gasteiger partial charge in [-0.2, -0.15) is 0 Å². The topological polar surface area (TPSA) is 39.2 Å². The third kappa shape index (κ3) is 2.05. The first-order chi connectivity index (χ1) is 5.74. The highest BCUT2D eigenvalue weighted by atomic mass is 16.5. The van der Waals surface area contributed by atoms with Gasteiger partial charge in [0, 0.05) is 5.69 Å². The van der Waals surface area contributed by atoms with Crippen molar-refractivity contribution in [1.29, 1.82) is 0 Å². The number of nitrogens with zero attached hydrogens (tertiary/aromatic N) is 1. The fraction of sp³-hybridized carbons (Fsp3) is 0.222. The van der Waals surface area contributed by atoms with E-state index < -0.39 is 5.97 Å². The Kier molecular flexibility index (Phi) is 2.80. The summed E-state index contributed by atoms with van der Waals surface area (Å²) in [4.78, 5) is 15.0. The van der Waals surface area contributed by atoms with Crippen LogP contribution in [0.1, 0.15) is 23.1 Å². The highest BCUT2D eigenvalue weighted by Gasteiger charge is 2.06. The van der Waals surface area contributed by atoms with E-state index in [2.05, 4.69) is 11.9 Å². The molecule has 0 saturated heterocycles. The SMILES string of the molecule is [CH2]c1cccc(C(=O)OCC)n1. The number of esters is 1. The standard InChI is InChI=1S/C9H10NO2/c1-3-12-9(11)8-6-4-5-7(2)10-8/h4-6H,2-3H2,1H3. The van der Waals surface area contributed by atoms with Crippen LogP contribution in [0.15, 0.2) is 18.2 Å². The average Bonchev–Trinajstić information content (AvgIpc) is 2.05. The first-order valence-electron chi connectivity index (χ1n) is 3.70. The zero-order chi connectivity index (χ0) is 8.97. The van der Waals surface area contributed by atoms with Gasteiger partial charge in [-0.3, -0.25) is 0 Å². The van der Waals surface area contributed by atoms with Gasteiger partial charge in [-0.1, -0.05) is 6.07 Å². The van der Waals surface area contributed by atoms with E-state index in [0.717, 1.165) is 0 Å². The van der Waals surface area contributed by atoms with E-state index >= 15 is 0 Å². The molecule has 0 saturated carbocycles. The van der Waals surface area contributed by atoms with Gasteiger partial charge in [-0.15, -0.1) is 0 Å². The van der Waals surface area contributed by atoms with E-state index in [0.29, 0.717) is 18.0 Å². The lowest BCUT2D eigenvalue weighted by molar-refractivity contribution is 0.0519. The van der Waals surface area contributed by atoms with Crippen LogP contribution < -0.4 is 0 Å². The molecule has 3 nitrogen and oxygen atoms in total. The summed E-state index contributed by atoms with van der Waals surface area (Å²) in [5.74, 6) is -0.400. The molecule has 12 heavy (non-hydrogen) atoms. The van der Waals surface area contributed by atoms with Crippen molar-refractivity contribution >= 4 is 5.97 Å². The molecule has 1 radical (unpaired) electrons. The first-order valence-corrected chi connectivity index (χ1v) is 3.70. The van der Waals surface area contributed by atoms with Gasteiger partial charge < -0.3 is 4.74 Å². The predicted octanol–water partition coefficient (Wildman–Crippen LogP) is 1.44. The molecule has 1 aromatic rings. The minimum atomic E-state index is -0.400. The minimum absolute atomic E-state index is 0.310. The van der Waals surface area contributed by atoms with Crippen LogP contribution in [0.25, 0.3) is 0 Å². The predicted molar refractivity (Wildman–Crippen MR) is 44.7 cm³/mol. The Bertz CT molecular complexity index is 284. The maximum absolute atomic E-state index is 11.1. The molecule has 1 rings (SSSR count). The molecule has 0 unspecified atom stereocenters. The zero-order valence-corrected chi connectivity index (χ0v) is 6.91. The largest absolute Gasteiger partial charge is 0.461 e. The molecule has 0 fully saturated rings. The van der Waals surface area contributed by atoms with Crippen LogP contribution in [0.4, 0.5) is 0 Å². The Hall–Kier alpha value is -1.38. The fourth-order valence-corrected chi connectivity index (χ4v) is 0.798. The number of hydrogen-bond acceptors (Lipinski definition) is 3. The van der Waals surface area contributed by atoms with Crippen molar-refractivity contribution in [2.24, 2.45) is 0 Å². The number of carbonyl (C=O) groups excluding carboxylic acids is 1. The lowest BCUT2D eigenvalue weighted by atomic mass is 10.3. The van der Waals surface area contributed by atoms with E-state index in [4.69, 9.17) is 4.74 Å². The molecule has 1 aromatic heterocycles. The van der Waals surface area contributed by atoms with Crippen molar-refractivity contribution in [3.8, 4) is 0 Å². The van der Waals surface area contributed by atoms with E-state index in [1.54, 1.807) is 25.1 Å². The molecular weight excluding hydrogens is 154 g/mol. The number of rotatable bonds is 2. The molecule has 0 bridgehead atoms. The molecule has 0 aromatic carbocycles. The number of pyridine rings is 1.